The summed E-state index contributed by atoms with van der Waals surface area (Å²) in [6, 6.07) is 3.66. The van der Waals surface area contributed by atoms with Crippen LogP contribution in [-0.4, -0.2) is 40.8 Å². The van der Waals surface area contributed by atoms with Crippen LogP contribution in [0.2, 0.25) is 0 Å². The molecular weight excluding hydrogens is 280 g/mol. The highest BCUT2D eigenvalue weighted by Gasteiger charge is 2.08. The fourth-order valence-electron chi connectivity index (χ4n) is 1.91. The Balaban J connectivity index is 1.80. The van der Waals surface area contributed by atoms with Crippen LogP contribution < -0.4 is 10.6 Å². The van der Waals surface area contributed by atoms with Crippen LogP contribution in [0.5, 0.6) is 0 Å². The summed E-state index contributed by atoms with van der Waals surface area (Å²) in [6.45, 7) is 6.66. The van der Waals surface area contributed by atoms with E-state index in [0.29, 0.717) is 11.6 Å². The first-order chi connectivity index (χ1) is 10.8. The number of furan rings is 1. The van der Waals surface area contributed by atoms with Gasteiger partial charge in [-0.1, -0.05) is 13.3 Å². The second-order valence-corrected chi connectivity index (χ2v) is 4.87. The van der Waals surface area contributed by atoms with Gasteiger partial charge in [0.15, 0.2) is 11.7 Å². The zero-order valence-corrected chi connectivity index (χ0v) is 13.2. The number of hydrogen-bond acceptors (Lipinski definition) is 4. The van der Waals surface area contributed by atoms with Gasteiger partial charge in [0.2, 0.25) is 5.82 Å². The third kappa shape index (κ3) is 4.91. The Morgan fingerprint density at radius 2 is 2.27 bits per heavy atom. The highest BCUT2D eigenvalue weighted by Crippen LogP contribution is 2.14. The van der Waals surface area contributed by atoms with E-state index in [1.807, 2.05) is 12.1 Å². The van der Waals surface area contributed by atoms with Crippen molar-refractivity contribution in [3.8, 4) is 11.6 Å². The van der Waals surface area contributed by atoms with Crippen molar-refractivity contribution in [3.05, 3.63) is 24.2 Å². The highest BCUT2D eigenvalue weighted by atomic mass is 16.3. The summed E-state index contributed by atoms with van der Waals surface area (Å²) in [5, 5.41) is 13.6. The van der Waals surface area contributed by atoms with Crippen LogP contribution in [-0.2, 0) is 6.42 Å². The summed E-state index contributed by atoms with van der Waals surface area (Å²) in [5.41, 5.74) is 0. The van der Waals surface area contributed by atoms with Gasteiger partial charge in [-0.25, -0.2) is 4.98 Å². The molecule has 7 heteroatoms. The summed E-state index contributed by atoms with van der Waals surface area (Å²) in [7, 11) is 0. The first-order valence-corrected chi connectivity index (χ1v) is 7.80. The van der Waals surface area contributed by atoms with E-state index in [0.717, 1.165) is 50.7 Å². The summed E-state index contributed by atoms with van der Waals surface area (Å²) in [5.74, 6) is 2.93. The summed E-state index contributed by atoms with van der Waals surface area (Å²) < 4.78 is 5.27. The zero-order valence-electron chi connectivity index (χ0n) is 13.2. The maximum absolute atomic E-state index is 5.27. The third-order valence-corrected chi connectivity index (χ3v) is 3.05. The lowest BCUT2D eigenvalue weighted by atomic mass is 10.3. The van der Waals surface area contributed by atoms with Crippen LogP contribution in [0, 0.1) is 0 Å². The fraction of sp³-hybridized carbons (Fsp3) is 0.533. The quantitative estimate of drug-likeness (QED) is 0.394. The van der Waals surface area contributed by atoms with Crippen molar-refractivity contribution in [1.82, 2.24) is 25.8 Å². The van der Waals surface area contributed by atoms with Gasteiger partial charge >= 0.3 is 0 Å². The molecule has 0 fully saturated rings. The number of nitrogens with zero attached hydrogens (tertiary/aromatic N) is 3. The van der Waals surface area contributed by atoms with Crippen molar-refractivity contribution in [2.24, 2.45) is 4.99 Å². The predicted molar refractivity (Wildman–Crippen MR) is 86.7 cm³/mol. The van der Waals surface area contributed by atoms with E-state index in [1.54, 1.807) is 6.26 Å². The largest absolute Gasteiger partial charge is 0.461 e. The molecule has 0 amide bonds. The second-order valence-electron chi connectivity index (χ2n) is 4.87. The molecule has 2 aromatic heterocycles. The van der Waals surface area contributed by atoms with Gasteiger partial charge < -0.3 is 15.1 Å². The molecule has 0 saturated carbocycles. The standard InChI is InChI=1S/C15H24N6O/c1-3-5-9-17-15(16-4-2)18-10-8-13-19-14(21-20-13)12-7-6-11-22-12/h6-7,11H,3-5,8-10H2,1-2H3,(H2,16,17,18)(H,19,20,21). The topological polar surface area (TPSA) is 91.1 Å². The van der Waals surface area contributed by atoms with Gasteiger partial charge in [0.05, 0.1) is 6.26 Å². The summed E-state index contributed by atoms with van der Waals surface area (Å²) in [4.78, 5) is 8.92. The number of rotatable bonds is 8. The average molecular weight is 304 g/mol. The van der Waals surface area contributed by atoms with E-state index in [1.165, 1.54) is 0 Å². The van der Waals surface area contributed by atoms with E-state index in [-0.39, 0.29) is 0 Å². The number of unbranched alkanes of at least 4 members (excludes halogenated alkanes) is 1. The molecule has 0 unspecified atom stereocenters. The van der Waals surface area contributed by atoms with Gasteiger partial charge in [-0.05, 0) is 25.5 Å². The maximum atomic E-state index is 5.27. The lowest BCUT2D eigenvalue weighted by Crippen LogP contribution is -2.38. The molecule has 2 rings (SSSR count). The predicted octanol–water partition coefficient (Wildman–Crippen LogP) is 1.96. The average Bonchev–Trinajstić information content (AvgIpc) is 3.18. The molecule has 2 aromatic rings. The Kier molecular flexibility index (Phi) is 6.47. The van der Waals surface area contributed by atoms with Crippen molar-refractivity contribution in [3.63, 3.8) is 0 Å². The normalized spacial score (nSPS) is 11.6. The number of nitrogens with one attached hydrogen (secondary N) is 3. The summed E-state index contributed by atoms with van der Waals surface area (Å²) in [6.07, 6.45) is 4.61. The van der Waals surface area contributed by atoms with E-state index >= 15 is 0 Å². The Morgan fingerprint density at radius 1 is 1.36 bits per heavy atom. The molecule has 0 spiro atoms. The smallest absolute Gasteiger partial charge is 0.216 e. The minimum absolute atomic E-state index is 0.587. The second kappa shape index (κ2) is 8.86. The lowest BCUT2D eigenvalue weighted by molar-refractivity contribution is 0.577. The number of hydrogen-bond donors (Lipinski definition) is 3. The van der Waals surface area contributed by atoms with Crippen LogP contribution in [0.15, 0.2) is 27.8 Å². The Hall–Kier alpha value is -2.31. The first-order valence-electron chi connectivity index (χ1n) is 7.80. The molecule has 3 N–H and O–H groups in total. The molecule has 0 radical (unpaired) electrons. The molecule has 7 nitrogen and oxygen atoms in total. The van der Waals surface area contributed by atoms with Crippen LogP contribution in [0.25, 0.3) is 11.6 Å². The van der Waals surface area contributed by atoms with E-state index in [4.69, 9.17) is 4.42 Å². The van der Waals surface area contributed by atoms with E-state index in [2.05, 4.69) is 44.7 Å². The van der Waals surface area contributed by atoms with Crippen molar-refractivity contribution >= 4 is 5.96 Å². The van der Waals surface area contributed by atoms with Gasteiger partial charge in [-0.15, -0.1) is 0 Å². The third-order valence-electron chi connectivity index (χ3n) is 3.05. The van der Waals surface area contributed by atoms with Crippen LogP contribution in [0.3, 0.4) is 0 Å². The molecular formula is C15H24N6O. The Bertz CT molecular complexity index is 560. The van der Waals surface area contributed by atoms with Crippen molar-refractivity contribution in [2.45, 2.75) is 33.1 Å². The minimum Gasteiger partial charge on any atom is -0.461 e. The lowest BCUT2D eigenvalue weighted by Gasteiger charge is -2.10. The molecule has 2 heterocycles. The van der Waals surface area contributed by atoms with Crippen molar-refractivity contribution < 1.29 is 4.42 Å². The van der Waals surface area contributed by atoms with E-state index in [9.17, 15) is 0 Å². The minimum atomic E-state index is 0.587. The first kappa shape index (κ1) is 16.1. The summed E-state index contributed by atoms with van der Waals surface area (Å²) >= 11 is 0. The molecule has 0 saturated heterocycles. The number of guanidine groups is 1. The number of H-pyrrole nitrogens is 1. The monoisotopic (exact) mass is 304 g/mol. The Morgan fingerprint density at radius 3 is 3.00 bits per heavy atom. The SMILES string of the molecule is CCCCN=C(NCC)NCCc1nc(-c2ccco2)n[nH]1. The molecule has 0 aliphatic rings. The highest BCUT2D eigenvalue weighted by molar-refractivity contribution is 5.79. The van der Waals surface area contributed by atoms with Gasteiger partial charge in [-0.2, -0.15) is 5.10 Å². The number of aromatic amines is 1. The molecule has 0 atom stereocenters. The molecule has 0 aromatic carbocycles. The van der Waals surface area contributed by atoms with Gasteiger partial charge in [0, 0.05) is 26.1 Å². The maximum Gasteiger partial charge on any atom is 0.216 e. The molecule has 22 heavy (non-hydrogen) atoms. The van der Waals surface area contributed by atoms with Crippen molar-refractivity contribution in [2.75, 3.05) is 19.6 Å². The van der Waals surface area contributed by atoms with Crippen LogP contribution in [0.4, 0.5) is 0 Å². The van der Waals surface area contributed by atoms with Gasteiger partial charge in [0.1, 0.15) is 5.82 Å². The zero-order chi connectivity index (χ0) is 15.6. The number of aromatic nitrogens is 3. The van der Waals surface area contributed by atoms with Gasteiger partial charge in [-0.3, -0.25) is 10.1 Å². The Labute approximate surface area is 130 Å². The van der Waals surface area contributed by atoms with E-state index < -0.39 is 0 Å². The van der Waals surface area contributed by atoms with Gasteiger partial charge in [0.25, 0.3) is 0 Å². The molecule has 0 aliphatic carbocycles. The van der Waals surface area contributed by atoms with Crippen LogP contribution >= 0.6 is 0 Å². The molecule has 120 valence electrons. The number of aliphatic imine (C=N–C) groups is 1. The van der Waals surface area contributed by atoms with Crippen LogP contribution in [0.1, 0.15) is 32.5 Å². The molecule has 0 aliphatic heterocycles. The van der Waals surface area contributed by atoms with Crippen molar-refractivity contribution in [1.29, 1.82) is 0 Å². The molecule has 0 bridgehead atoms. The fourth-order valence-corrected chi connectivity index (χ4v) is 1.91.